The van der Waals surface area contributed by atoms with Gasteiger partial charge < -0.3 is 19.5 Å². The van der Waals surface area contributed by atoms with E-state index < -0.39 is 0 Å². The maximum atomic E-state index is 11.7. The van der Waals surface area contributed by atoms with Gasteiger partial charge in [0.05, 0.1) is 20.1 Å². The van der Waals surface area contributed by atoms with Crippen molar-refractivity contribution >= 4 is 11.9 Å². The Morgan fingerprint density at radius 1 is 1.23 bits per heavy atom. The maximum Gasteiger partial charge on any atom is 0.309 e. The molecule has 6 heteroatoms. The molecule has 0 aliphatic heterocycles. The van der Waals surface area contributed by atoms with Gasteiger partial charge in [-0.15, -0.1) is 0 Å². The number of ether oxygens (including phenoxy) is 3. The maximum absolute atomic E-state index is 11.7. The van der Waals surface area contributed by atoms with Gasteiger partial charge in [-0.1, -0.05) is 13.0 Å². The lowest BCUT2D eigenvalue weighted by Gasteiger charge is -2.10. The number of hydrogen-bond acceptors (Lipinski definition) is 5. The van der Waals surface area contributed by atoms with Gasteiger partial charge >= 0.3 is 5.97 Å². The summed E-state index contributed by atoms with van der Waals surface area (Å²) in [4.78, 5) is 23.2. The molecule has 0 unspecified atom stereocenters. The molecular formula is C16H21NO5. The molecule has 1 aromatic carbocycles. The first kappa shape index (κ1) is 16.1. The molecular weight excluding hydrogens is 286 g/mol. The summed E-state index contributed by atoms with van der Waals surface area (Å²) in [6, 6.07) is 5.39. The number of benzene rings is 1. The summed E-state index contributed by atoms with van der Waals surface area (Å²) in [5.74, 6) is 0.972. The average molecular weight is 307 g/mol. The Kier molecular flexibility index (Phi) is 5.25. The van der Waals surface area contributed by atoms with Crippen LogP contribution < -0.4 is 14.8 Å². The number of rotatable bonds is 7. The fraction of sp³-hybridized carbons (Fsp3) is 0.500. The second-order valence-electron chi connectivity index (χ2n) is 5.39. The second kappa shape index (κ2) is 7.15. The molecule has 0 saturated heterocycles. The fourth-order valence-corrected chi connectivity index (χ4v) is 2.14. The van der Waals surface area contributed by atoms with Crippen molar-refractivity contribution in [2.24, 2.45) is 11.8 Å². The molecule has 2 atom stereocenters. The molecule has 0 aromatic heterocycles. The Morgan fingerprint density at radius 3 is 2.50 bits per heavy atom. The van der Waals surface area contributed by atoms with Crippen LogP contribution >= 0.6 is 0 Å². The van der Waals surface area contributed by atoms with E-state index in [2.05, 4.69) is 5.32 Å². The van der Waals surface area contributed by atoms with Crippen molar-refractivity contribution in [2.75, 3.05) is 20.8 Å². The van der Waals surface area contributed by atoms with E-state index >= 15 is 0 Å². The van der Waals surface area contributed by atoms with Gasteiger partial charge in [0.25, 0.3) is 5.91 Å². The van der Waals surface area contributed by atoms with Gasteiger partial charge in [0, 0.05) is 6.54 Å². The first-order valence-corrected chi connectivity index (χ1v) is 7.19. The largest absolute Gasteiger partial charge is 0.493 e. The number of nitrogens with one attached hydrogen (secondary N) is 1. The van der Waals surface area contributed by atoms with Crippen molar-refractivity contribution in [3.05, 3.63) is 23.8 Å². The van der Waals surface area contributed by atoms with Gasteiger partial charge in [0.15, 0.2) is 18.1 Å². The Labute approximate surface area is 129 Å². The molecule has 0 heterocycles. The number of methoxy groups -OCH3 is 2. The summed E-state index contributed by atoms with van der Waals surface area (Å²) in [7, 11) is 3.12. The molecule has 1 aliphatic rings. The van der Waals surface area contributed by atoms with Crippen LogP contribution in [0, 0.1) is 11.8 Å². The predicted octanol–water partition coefficient (Wildman–Crippen LogP) is 1.52. The highest BCUT2D eigenvalue weighted by Crippen LogP contribution is 2.38. The van der Waals surface area contributed by atoms with Crippen LogP contribution in [-0.2, 0) is 20.9 Å². The van der Waals surface area contributed by atoms with Gasteiger partial charge in [-0.25, -0.2) is 0 Å². The Hall–Kier alpha value is -2.24. The van der Waals surface area contributed by atoms with Crippen LogP contribution in [0.25, 0.3) is 0 Å². The number of esters is 1. The summed E-state index contributed by atoms with van der Waals surface area (Å²) < 4.78 is 15.3. The molecule has 1 N–H and O–H groups in total. The topological polar surface area (TPSA) is 73.9 Å². The van der Waals surface area contributed by atoms with E-state index in [1.807, 2.05) is 13.0 Å². The molecule has 0 radical (unpaired) electrons. The van der Waals surface area contributed by atoms with Crippen LogP contribution in [0.15, 0.2) is 18.2 Å². The van der Waals surface area contributed by atoms with E-state index in [0.29, 0.717) is 24.0 Å². The predicted molar refractivity (Wildman–Crippen MR) is 79.6 cm³/mol. The number of carbonyl (C=O) groups excluding carboxylic acids is 2. The summed E-state index contributed by atoms with van der Waals surface area (Å²) in [5.41, 5.74) is 0.869. The van der Waals surface area contributed by atoms with Crippen LogP contribution in [-0.4, -0.2) is 32.7 Å². The van der Waals surface area contributed by atoms with E-state index in [4.69, 9.17) is 14.2 Å². The molecule has 1 fully saturated rings. The number of hydrogen-bond donors (Lipinski definition) is 1. The van der Waals surface area contributed by atoms with Gasteiger partial charge in [0.2, 0.25) is 0 Å². The van der Waals surface area contributed by atoms with Crippen molar-refractivity contribution < 1.29 is 23.8 Å². The summed E-state index contributed by atoms with van der Waals surface area (Å²) >= 11 is 0. The molecule has 0 spiro atoms. The zero-order valence-corrected chi connectivity index (χ0v) is 13.0. The lowest BCUT2D eigenvalue weighted by atomic mass is 10.2. The first-order chi connectivity index (χ1) is 10.5. The zero-order chi connectivity index (χ0) is 16.1. The van der Waals surface area contributed by atoms with Crippen molar-refractivity contribution in [3.63, 3.8) is 0 Å². The van der Waals surface area contributed by atoms with Crippen LogP contribution in [0.5, 0.6) is 11.5 Å². The second-order valence-corrected chi connectivity index (χ2v) is 5.39. The van der Waals surface area contributed by atoms with Crippen LogP contribution in [0.1, 0.15) is 18.9 Å². The highest BCUT2D eigenvalue weighted by molar-refractivity contribution is 5.82. The standard InChI is InChI=1S/C16H21NO5/c1-10-6-12(10)16(19)22-9-15(18)17-8-11-4-5-13(20-2)14(7-11)21-3/h4-5,7,10,12H,6,8-9H2,1-3H3,(H,17,18)/t10-,12+/m1/s1. The SMILES string of the molecule is COc1ccc(CNC(=O)COC(=O)[C@H]2C[C@H]2C)cc1OC. The van der Waals surface area contributed by atoms with E-state index in [-0.39, 0.29) is 24.4 Å². The Balaban J connectivity index is 1.77. The molecule has 120 valence electrons. The normalized spacial score (nSPS) is 19.2. The molecule has 1 saturated carbocycles. The highest BCUT2D eigenvalue weighted by Gasteiger charge is 2.40. The van der Waals surface area contributed by atoms with Gasteiger partial charge in [-0.2, -0.15) is 0 Å². The van der Waals surface area contributed by atoms with Gasteiger partial charge in [-0.3, -0.25) is 9.59 Å². The monoisotopic (exact) mass is 307 g/mol. The van der Waals surface area contributed by atoms with Crippen molar-refractivity contribution in [3.8, 4) is 11.5 Å². The molecule has 22 heavy (non-hydrogen) atoms. The quantitative estimate of drug-likeness (QED) is 0.773. The third-order valence-corrected chi connectivity index (χ3v) is 3.70. The van der Waals surface area contributed by atoms with E-state index in [1.54, 1.807) is 26.4 Å². The Morgan fingerprint density at radius 2 is 1.91 bits per heavy atom. The van der Waals surface area contributed by atoms with Gasteiger partial charge in [0.1, 0.15) is 0 Å². The van der Waals surface area contributed by atoms with E-state index in [1.165, 1.54) is 0 Å². The highest BCUT2D eigenvalue weighted by atomic mass is 16.5. The molecule has 1 aliphatic carbocycles. The van der Waals surface area contributed by atoms with Crippen LogP contribution in [0.2, 0.25) is 0 Å². The smallest absolute Gasteiger partial charge is 0.309 e. The van der Waals surface area contributed by atoms with Crippen molar-refractivity contribution in [1.29, 1.82) is 0 Å². The molecule has 1 aromatic rings. The average Bonchev–Trinajstić information content (AvgIpc) is 3.27. The molecule has 0 bridgehead atoms. The third-order valence-electron chi connectivity index (χ3n) is 3.70. The summed E-state index contributed by atoms with van der Waals surface area (Å²) in [6.45, 7) is 2.08. The van der Waals surface area contributed by atoms with Crippen LogP contribution in [0.3, 0.4) is 0 Å². The van der Waals surface area contributed by atoms with E-state index in [0.717, 1.165) is 12.0 Å². The lowest BCUT2D eigenvalue weighted by molar-refractivity contribution is -0.150. The Bertz CT molecular complexity index is 557. The minimum atomic E-state index is -0.323. The molecule has 1 amide bonds. The molecule has 6 nitrogen and oxygen atoms in total. The fourth-order valence-electron chi connectivity index (χ4n) is 2.14. The summed E-state index contributed by atoms with van der Waals surface area (Å²) in [5, 5.41) is 2.70. The number of amides is 1. The zero-order valence-electron chi connectivity index (χ0n) is 13.0. The van der Waals surface area contributed by atoms with Crippen molar-refractivity contribution in [2.45, 2.75) is 19.9 Å². The minimum absolute atomic E-state index is 0.0290. The minimum Gasteiger partial charge on any atom is -0.493 e. The lowest BCUT2D eigenvalue weighted by Crippen LogP contribution is -2.28. The van der Waals surface area contributed by atoms with Gasteiger partial charge in [-0.05, 0) is 30.0 Å². The van der Waals surface area contributed by atoms with Crippen molar-refractivity contribution in [1.82, 2.24) is 5.32 Å². The summed E-state index contributed by atoms with van der Waals surface area (Å²) in [6.07, 6.45) is 0.853. The molecule has 2 rings (SSSR count). The van der Waals surface area contributed by atoms with Crippen LogP contribution in [0.4, 0.5) is 0 Å². The first-order valence-electron chi connectivity index (χ1n) is 7.19. The number of carbonyl (C=O) groups is 2. The third kappa shape index (κ3) is 4.13. The van der Waals surface area contributed by atoms with E-state index in [9.17, 15) is 9.59 Å².